The molecule has 39 heavy (non-hydrogen) atoms. The number of aliphatic hydroxyl groups is 3. The number of hydrogen-bond donors (Lipinski definition) is 6. The topological polar surface area (TPSA) is 197 Å². The zero-order chi connectivity index (χ0) is 28.8. The smallest absolute Gasteiger partial charge is 0.202 e. The fraction of sp³-hybridized carbons (Fsp3) is 0.464. The summed E-state index contributed by atoms with van der Waals surface area (Å²) in [5.74, 6) is -3.67. The van der Waals surface area contributed by atoms with Crippen molar-refractivity contribution in [1.29, 1.82) is 0 Å². The monoisotopic (exact) mass is 543 g/mol. The Bertz CT molecular complexity index is 1320. The Labute approximate surface area is 224 Å². The SMILES string of the molecule is COc1cccc2c1C(=O)c1c(O)c3c(c(O)c1C2=O)C[C@@H](C(=O)CO)C[C@@H]3OC(C)CC(N)C(O)C(C)O. The van der Waals surface area contributed by atoms with Gasteiger partial charge in [-0.15, -0.1) is 0 Å². The van der Waals surface area contributed by atoms with Gasteiger partial charge in [0.15, 0.2) is 11.6 Å². The van der Waals surface area contributed by atoms with Gasteiger partial charge in [-0.25, -0.2) is 0 Å². The molecule has 2 aromatic carbocycles. The molecule has 2 aliphatic carbocycles. The second-order valence-corrected chi connectivity index (χ2v) is 10.2. The molecule has 11 heteroatoms. The molecule has 0 amide bonds. The van der Waals surface area contributed by atoms with E-state index >= 15 is 0 Å². The lowest BCUT2D eigenvalue weighted by Gasteiger charge is -2.36. The van der Waals surface area contributed by atoms with Gasteiger partial charge in [0, 0.05) is 28.7 Å². The van der Waals surface area contributed by atoms with Gasteiger partial charge in [-0.1, -0.05) is 12.1 Å². The molecule has 2 aliphatic rings. The molecule has 0 heterocycles. The number of nitrogens with two attached hydrogens (primary N) is 1. The van der Waals surface area contributed by atoms with Gasteiger partial charge in [0.2, 0.25) is 5.78 Å². The van der Waals surface area contributed by atoms with Crippen LogP contribution in [0.1, 0.15) is 75.8 Å². The highest BCUT2D eigenvalue weighted by molar-refractivity contribution is 6.31. The van der Waals surface area contributed by atoms with E-state index in [-0.39, 0.29) is 58.4 Å². The lowest BCUT2D eigenvalue weighted by molar-refractivity contribution is -0.128. The molecule has 6 atom stereocenters. The number of hydrogen-bond acceptors (Lipinski definition) is 11. The van der Waals surface area contributed by atoms with Crippen LogP contribution in [0.25, 0.3) is 0 Å². The lowest BCUT2D eigenvalue weighted by atomic mass is 9.73. The van der Waals surface area contributed by atoms with Crippen molar-refractivity contribution in [3.63, 3.8) is 0 Å². The summed E-state index contributed by atoms with van der Waals surface area (Å²) in [6, 6.07) is 3.61. The Morgan fingerprint density at radius 1 is 1.08 bits per heavy atom. The summed E-state index contributed by atoms with van der Waals surface area (Å²) in [4.78, 5) is 39.6. The van der Waals surface area contributed by atoms with Gasteiger partial charge in [0.05, 0.1) is 48.2 Å². The zero-order valence-corrected chi connectivity index (χ0v) is 21.9. The Hall–Kier alpha value is -3.35. The van der Waals surface area contributed by atoms with Crippen molar-refractivity contribution in [3.05, 3.63) is 51.6 Å². The molecule has 0 radical (unpaired) electrons. The quantitative estimate of drug-likeness (QED) is 0.210. The molecular weight excluding hydrogens is 510 g/mol. The third kappa shape index (κ3) is 4.92. The van der Waals surface area contributed by atoms with Crippen molar-refractivity contribution < 1.29 is 49.4 Å². The summed E-state index contributed by atoms with van der Waals surface area (Å²) in [5, 5.41) is 52.0. The van der Waals surface area contributed by atoms with Crippen LogP contribution in [0.15, 0.2) is 18.2 Å². The van der Waals surface area contributed by atoms with Crippen molar-refractivity contribution in [2.45, 2.75) is 63.6 Å². The van der Waals surface area contributed by atoms with E-state index in [4.69, 9.17) is 15.2 Å². The normalized spacial score (nSPS) is 21.3. The third-order valence-corrected chi connectivity index (χ3v) is 7.58. The van der Waals surface area contributed by atoms with E-state index < -0.39 is 71.8 Å². The highest BCUT2D eigenvalue weighted by Crippen LogP contribution is 2.51. The molecule has 2 aromatic rings. The van der Waals surface area contributed by atoms with Gasteiger partial charge in [-0.05, 0) is 39.2 Å². The molecule has 0 aliphatic heterocycles. The number of phenolic OH excluding ortho intramolecular Hbond substituents is 2. The van der Waals surface area contributed by atoms with Crippen LogP contribution in [0, 0.1) is 5.92 Å². The van der Waals surface area contributed by atoms with Crippen LogP contribution in [0.4, 0.5) is 0 Å². The first-order chi connectivity index (χ1) is 18.4. The summed E-state index contributed by atoms with van der Waals surface area (Å²) in [5.41, 5.74) is 5.34. The highest BCUT2D eigenvalue weighted by atomic mass is 16.5. The minimum Gasteiger partial charge on any atom is -0.507 e. The maximum Gasteiger partial charge on any atom is 0.202 e. The van der Waals surface area contributed by atoms with Crippen molar-refractivity contribution in [2.24, 2.45) is 11.7 Å². The predicted octanol–water partition coefficient (Wildman–Crippen LogP) is 0.911. The number of Topliss-reactive ketones (excluding diaryl/α,β-unsaturated/α-hetero) is 1. The van der Waals surface area contributed by atoms with E-state index in [1.54, 1.807) is 6.92 Å². The Kier molecular flexibility index (Phi) is 8.10. The van der Waals surface area contributed by atoms with Crippen molar-refractivity contribution in [2.75, 3.05) is 13.7 Å². The molecule has 0 fully saturated rings. The summed E-state index contributed by atoms with van der Waals surface area (Å²) < 4.78 is 11.4. The number of benzene rings is 2. The van der Waals surface area contributed by atoms with Crippen LogP contribution in [0.2, 0.25) is 0 Å². The summed E-state index contributed by atoms with van der Waals surface area (Å²) in [7, 11) is 1.34. The zero-order valence-electron chi connectivity index (χ0n) is 21.9. The van der Waals surface area contributed by atoms with Crippen LogP contribution in [0.3, 0.4) is 0 Å². The predicted molar refractivity (Wildman–Crippen MR) is 137 cm³/mol. The number of carbonyl (C=O) groups is 3. The van der Waals surface area contributed by atoms with Gasteiger partial charge in [0.1, 0.15) is 23.9 Å². The number of carbonyl (C=O) groups excluding carboxylic acids is 3. The first-order valence-electron chi connectivity index (χ1n) is 12.7. The molecule has 210 valence electrons. The fourth-order valence-corrected chi connectivity index (χ4v) is 5.59. The van der Waals surface area contributed by atoms with Gasteiger partial charge in [-0.2, -0.15) is 0 Å². The van der Waals surface area contributed by atoms with E-state index in [1.807, 2.05) is 0 Å². The molecule has 0 saturated carbocycles. The highest BCUT2D eigenvalue weighted by Gasteiger charge is 2.44. The number of phenols is 2. The Morgan fingerprint density at radius 2 is 1.74 bits per heavy atom. The minimum atomic E-state index is -1.22. The average Bonchev–Trinajstić information content (AvgIpc) is 2.91. The number of ether oxygens (including phenoxy) is 2. The molecule has 0 aromatic heterocycles. The summed E-state index contributed by atoms with van der Waals surface area (Å²) >= 11 is 0. The van der Waals surface area contributed by atoms with Gasteiger partial charge >= 0.3 is 0 Å². The van der Waals surface area contributed by atoms with Crippen LogP contribution in [-0.4, -0.2) is 81.0 Å². The number of aliphatic hydroxyl groups excluding tert-OH is 3. The second-order valence-electron chi connectivity index (χ2n) is 10.2. The Morgan fingerprint density at radius 3 is 2.36 bits per heavy atom. The van der Waals surface area contributed by atoms with Crippen LogP contribution in [0.5, 0.6) is 17.2 Å². The van der Waals surface area contributed by atoms with Crippen molar-refractivity contribution in [1.82, 2.24) is 0 Å². The number of aromatic hydroxyl groups is 2. The van der Waals surface area contributed by atoms with Gasteiger partial charge in [0.25, 0.3) is 0 Å². The average molecular weight is 544 g/mol. The number of methoxy groups -OCH3 is 1. The molecule has 11 nitrogen and oxygen atoms in total. The molecule has 0 spiro atoms. The van der Waals surface area contributed by atoms with E-state index in [0.717, 1.165) is 0 Å². The fourth-order valence-electron chi connectivity index (χ4n) is 5.59. The van der Waals surface area contributed by atoms with E-state index in [9.17, 15) is 39.9 Å². The maximum absolute atomic E-state index is 13.6. The third-order valence-electron chi connectivity index (χ3n) is 7.58. The number of ketones is 3. The molecule has 4 rings (SSSR count). The lowest BCUT2D eigenvalue weighted by Crippen LogP contribution is -2.44. The summed E-state index contributed by atoms with van der Waals surface area (Å²) in [6.07, 6.45) is -3.98. The number of fused-ring (bicyclic) bond motifs is 3. The van der Waals surface area contributed by atoms with E-state index in [0.29, 0.717) is 0 Å². The Balaban J connectivity index is 1.83. The van der Waals surface area contributed by atoms with Crippen molar-refractivity contribution >= 4 is 17.3 Å². The number of rotatable bonds is 9. The second kappa shape index (κ2) is 11.0. The minimum absolute atomic E-state index is 0.00683. The van der Waals surface area contributed by atoms with Crippen LogP contribution >= 0.6 is 0 Å². The first-order valence-corrected chi connectivity index (χ1v) is 12.7. The largest absolute Gasteiger partial charge is 0.507 e. The van der Waals surface area contributed by atoms with E-state index in [2.05, 4.69) is 0 Å². The molecular formula is C28H33NO10. The van der Waals surface area contributed by atoms with E-state index in [1.165, 1.54) is 32.2 Å². The standard InChI is InChI=1S/C28H33NO10/c1-11(7-16(29)24(33)12(2)31)39-19-9-13(17(32)10-30)8-15-21(19)28(37)23-22(26(15)35)25(34)14-5-4-6-18(38-3)20(14)27(23)36/h4-6,11-13,16,19,24,30-31,33,35,37H,7-10,29H2,1-3H3/t11?,12?,13-,16?,19+,24?/m1/s1. The first kappa shape index (κ1) is 28.7. The molecule has 4 unspecified atom stereocenters. The summed E-state index contributed by atoms with van der Waals surface area (Å²) in [6.45, 7) is 2.29. The molecule has 0 saturated heterocycles. The van der Waals surface area contributed by atoms with Gasteiger partial charge < -0.3 is 40.7 Å². The van der Waals surface area contributed by atoms with Crippen LogP contribution in [-0.2, 0) is 16.0 Å². The maximum atomic E-state index is 13.6. The molecule has 7 N–H and O–H groups in total. The van der Waals surface area contributed by atoms with Gasteiger partial charge in [-0.3, -0.25) is 14.4 Å². The van der Waals surface area contributed by atoms with Crippen LogP contribution < -0.4 is 10.5 Å². The van der Waals surface area contributed by atoms with Crippen molar-refractivity contribution in [3.8, 4) is 17.2 Å². The molecule has 0 bridgehead atoms.